The number of amides is 2. The first-order valence-corrected chi connectivity index (χ1v) is 5.93. The van der Waals surface area contributed by atoms with E-state index >= 15 is 0 Å². The topological polar surface area (TPSA) is 95.9 Å². The highest BCUT2D eigenvalue weighted by Gasteiger charge is 2.17. The van der Waals surface area contributed by atoms with E-state index in [1.807, 2.05) is 0 Å². The van der Waals surface area contributed by atoms with Gasteiger partial charge in [-0.2, -0.15) is 0 Å². The zero-order valence-electron chi connectivity index (χ0n) is 10.2. The normalized spacial score (nSPS) is 14.6. The van der Waals surface area contributed by atoms with E-state index in [1.54, 1.807) is 4.90 Å². The van der Waals surface area contributed by atoms with Crippen molar-refractivity contribution in [3.8, 4) is 0 Å². The molecule has 1 heterocycles. The Morgan fingerprint density at radius 2 is 1.83 bits per heavy atom. The van der Waals surface area contributed by atoms with Gasteiger partial charge in [-0.15, -0.1) is 0 Å². The minimum absolute atomic E-state index is 0.0410. The minimum atomic E-state index is -1.12. The van der Waals surface area contributed by atoms with Gasteiger partial charge in [0.1, 0.15) is 13.2 Å². The molecule has 2 N–H and O–H groups in total. The predicted octanol–water partition coefficient (Wildman–Crippen LogP) is -0.784. The summed E-state index contributed by atoms with van der Waals surface area (Å²) < 4.78 is 4.61. The number of carboxylic acid groups (broad SMARTS) is 1. The van der Waals surface area contributed by atoms with Crippen molar-refractivity contribution >= 4 is 17.8 Å². The van der Waals surface area contributed by atoms with E-state index in [1.165, 1.54) is 0 Å². The van der Waals surface area contributed by atoms with Crippen molar-refractivity contribution in [2.45, 2.75) is 19.3 Å². The van der Waals surface area contributed by atoms with E-state index in [0.29, 0.717) is 0 Å². The van der Waals surface area contributed by atoms with Crippen LogP contribution >= 0.6 is 0 Å². The molecule has 0 atom stereocenters. The lowest BCUT2D eigenvalue weighted by molar-refractivity contribution is -0.143. The molecule has 1 aliphatic rings. The summed E-state index contributed by atoms with van der Waals surface area (Å²) >= 11 is 0. The maximum Gasteiger partial charge on any atom is 0.329 e. The molecule has 0 aromatic heterocycles. The number of rotatable bonds is 7. The van der Waals surface area contributed by atoms with Gasteiger partial charge in [0.15, 0.2) is 0 Å². The lowest BCUT2D eigenvalue weighted by Gasteiger charge is -2.15. The van der Waals surface area contributed by atoms with Gasteiger partial charge in [-0.05, 0) is 12.8 Å². The molecule has 0 bridgehead atoms. The molecule has 0 saturated carbocycles. The Bertz CT molecular complexity index is 313. The first kappa shape index (κ1) is 14.4. The molecule has 7 heteroatoms. The zero-order chi connectivity index (χ0) is 13.4. The molecule has 0 spiro atoms. The Morgan fingerprint density at radius 1 is 1.17 bits per heavy atom. The summed E-state index contributed by atoms with van der Waals surface area (Å²) in [4.78, 5) is 34.7. The van der Waals surface area contributed by atoms with Crippen molar-refractivity contribution < 1.29 is 24.2 Å². The number of likely N-dealkylation sites (tertiary alicyclic amines) is 1. The molecule has 18 heavy (non-hydrogen) atoms. The van der Waals surface area contributed by atoms with E-state index in [4.69, 9.17) is 5.11 Å². The standard InChI is InChI=1S/C11H18N2O5/c14-9(7-18-8-11(16)17)12-4-3-10(15)13-5-1-2-6-13/h1-8H2,(H,12,14)(H,16,17). The summed E-state index contributed by atoms with van der Waals surface area (Å²) in [5, 5.41) is 10.8. The van der Waals surface area contributed by atoms with E-state index in [9.17, 15) is 14.4 Å². The second-order valence-electron chi connectivity index (χ2n) is 4.07. The molecular weight excluding hydrogens is 240 g/mol. The summed E-state index contributed by atoms with van der Waals surface area (Å²) in [6.45, 7) is 1.05. The molecule has 1 fully saturated rings. The van der Waals surface area contributed by atoms with Gasteiger partial charge in [-0.3, -0.25) is 9.59 Å². The highest BCUT2D eigenvalue weighted by atomic mass is 16.5. The van der Waals surface area contributed by atoms with E-state index < -0.39 is 18.5 Å². The van der Waals surface area contributed by atoms with Crippen molar-refractivity contribution in [3.63, 3.8) is 0 Å². The quantitative estimate of drug-likeness (QED) is 0.624. The number of aliphatic carboxylic acids is 1. The molecule has 102 valence electrons. The number of carbonyl (C=O) groups is 3. The molecule has 0 unspecified atom stereocenters. The number of carbonyl (C=O) groups excluding carboxylic acids is 2. The smallest absolute Gasteiger partial charge is 0.329 e. The van der Waals surface area contributed by atoms with Crippen molar-refractivity contribution in [2.75, 3.05) is 32.8 Å². The molecule has 1 saturated heterocycles. The third-order valence-corrected chi connectivity index (χ3v) is 2.58. The van der Waals surface area contributed by atoms with Gasteiger partial charge >= 0.3 is 5.97 Å². The van der Waals surface area contributed by atoms with Gasteiger partial charge in [-0.1, -0.05) is 0 Å². The van der Waals surface area contributed by atoms with Crippen LogP contribution in [0, 0.1) is 0 Å². The van der Waals surface area contributed by atoms with Crippen LogP contribution in [-0.2, 0) is 19.1 Å². The van der Waals surface area contributed by atoms with Gasteiger partial charge in [0.05, 0.1) is 0 Å². The molecule has 7 nitrogen and oxygen atoms in total. The van der Waals surface area contributed by atoms with E-state index in [0.717, 1.165) is 25.9 Å². The fraction of sp³-hybridized carbons (Fsp3) is 0.727. The van der Waals surface area contributed by atoms with Crippen LogP contribution in [0.3, 0.4) is 0 Å². The third-order valence-electron chi connectivity index (χ3n) is 2.58. The van der Waals surface area contributed by atoms with Crippen LogP contribution in [0.15, 0.2) is 0 Å². The Morgan fingerprint density at radius 3 is 2.44 bits per heavy atom. The van der Waals surface area contributed by atoms with Gasteiger partial charge in [0.25, 0.3) is 0 Å². The Balaban J connectivity index is 2.04. The third kappa shape index (κ3) is 5.62. The molecule has 1 aliphatic heterocycles. The van der Waals surface area contributed by atoms with Crippen LogP contribution in [0.1, 0.15) is 19.3 Å². The lowest BCUT2D eigenvalue weighted by atomic mass is 10.3. The summed E-state index contributed by atoms with van der Waals surface area (Å²) in [7, 11) is 0. The van der Waals surface area contributed by atoms with Crippen LogP contribution in [0.4, 0.5) is 0 Å². The molecule has 1 rings (SSSR count). The number of nitrogens with one attached hydrogen (secondary N) is 1. The van der Waals surface area contributed by atoms with E-state index in [2.05, 4.69) is 10.1 Å². The highest BCUT2D eigenvalue weighted by Crippen LogP contribution is 2.08. The number of hydrogen-bond donors (Lipinski definition) is 2. The Hall–Kier alpha value is -1.63. The molecule has 0 aromatic carbocycles. The summed E-state index contributed by atoms with van der Waals surface area (Å²) in [6.07, 6.45) is 2.35. The number of ether oxygens (including phenoxy) is 1. The minimum Gasteiger partial charge on any atom is -0.480 e. The van der Waals surface area contributed by atoms with Crippen LogP contribution in [0.25, 0.3) is 0 Å². The predicted molar refractivity (Wildman–Crippen MR) is 61.9 cm³/mol. The maximum atomic E-state index is 11.6. The number of carboxylic acids is 1. The monoisotopic (exact) mass is 258 g/mol. The summed E-state index contributed by atoms with van der Waals surface area (Å²) in [6, 6.07) is 0. The molecular formula is C11H18N2O5. The molecule has 0 radical (unpaired) electrons. The number of hydrogen-bond acceptors (Lipinski definition) is 4. The van der Waals surface area contributed by atoms with Crippen molar-refractivity contribution in [2.24, 2.45) is 0 Å². The first-order valence-electron chi connectivity index (χ1n) is 5.93. The Labute approximate surface area is 105 Å². The van der Waals surface area contributed by atoms with Crippen LogP contribution in [0.5, 0.6) is 0 Å². The first-order chi connectivity index (χ1) is 8.59. The lowest BCUT2D eigenvalue weighted by Crippen LogP contribution is -2.34. The summed E-state index contributed by atoms with van der Waals surface area (Å²) in [5.41, 5.74) is 0. The molecule has 0 aliphatic carbocycles. The van der Waals surface area contributed by atoms with Gasteiger partial charge in [0.2, 0.25) is 11.8 Å². The van der Waals surface area contributed by atoms with Crippen LogP contribution < -0.4 is 5.32 Å². The SMILES string of the molecule is O=C(O)COCC(=O)NCCC(=O)N1CCCC1. The maximum absolute atomic E-state index is 11.6. The second kappa shape index (κ2) is 7.65. The zero-order valence-corrected chi connectivity index (χ0v) is 10.2. The van der Waals surface area contributed by atoms with Crippen molar-refractivity contribution in [1.29, 1.82) is 0 Å². The van der Waals surface area contributed by atoms with Crippen molar-refractivity contribution in [3.05, 3.63) is 0 Å². The highest BCUT2D eigenvalue weighted by molar-refractivity contribution is 5.80. The molecule has 2 amide bonds. The van der Waals surface area contributed by atoms with Gasteiger partial charge in [0, 0.05) is 26.1 Å². The van der Waals surface area contributed by atoms with Crippen LogP contribution in [0.2, 0.25) is 0 Å². The van der Waals surface area contributed by atoms with E-state index in [-0.39, 0.29) is 25.5 Å². The van der Waals surface area contributed by atoms with Gasteiger partial charge < -0.3 is 20.1 Å². The Kier molecular flexibility index (Phi) is 6.13. The fourth-order valence-corrected chi connectivity index (χ4v) is 1.72. The number of nitrogens with zero attached hydrogens (tertiary/aromatic N) is 1. The fourth-order valence-electron chi connectivity index (χ4n) is 1.72. The largest absolute Gasteiger partial charge is 0.480 e. The second-order valence-corrected chi connectivity index (χ2v) is 4.07. The summed E-state index contributed by atoms with van der Waals surface area (Å²) in [5.74, 6) is -1.49. The average molecular weight is 258 g/mol. The molecule has 0 aromatic rings. The van der Waals surface area contributed by atoms with Crippen molar-refractivity contribution in [1.82, 2.24) is 10.2 Å². The van der Waals surface area contributed by atoms with Crippen LogP contribution in [-0.4, -0.2) is 60.6 Å². The van der Waals surface area contributed by atoms with Gasteiger partial charge in [-0.25, -0.2) is 4.79 Å². The average Bonchev–Trinajstić information content (AvgIpc) is 2.81.